The van der Waals surface area contributed by atoms with E-state index < -0.39 is 0 Å². The molecule has 4 nitrogen and oxygen atoms in total. The van der Waals surface area contributed by atoms with Gasteiger partial charge in [-0.2, -0.15) is 0 Å². The molecule has 0 spiro atoms. The molecular weight excluding hydrogens is 271 g/mol. The van der Waals surface area contributed by atoms with Crippen LogP contribution in [0.25, 0.3) is 0 Å². The number of ether oxygens (including phenoxy) is 2. The molecule has 1 fully saturated rings. The van der Waals surface area contributed by atoms with Crippen LogP contribution in [0.15, 0.2) is 24.3 Å². The highest BCUT2D eigenvalue weighted by Gasteiger charge is 2.18. The van der Waals surface area contributed by atoms with Crippen molar-refractivity contribution in [3.8, 4) is 5.75 Å². The summed E-state index contributed by atoms with van der Waals surface area (Å²) in [5, 5.41) is 0. The maximum absolute atomic E-state index is 12.7. The summed E-state index contributed by atoms with van der Waals surface area (Å²) >= 11 is 0. The molecule has 2 N–H and O–H groups in total. The fourth-order valence-corrected chi connectivity index (χ4v) is 1.95. The molecule has 0 radical (unpaired) electrons. The van der Waals surface area contributed by atoms with Gasteiger partial charge in [0, 0.05) is 26.2 Å². The van der Waals surface area contributed by atoms with Crippen molar-refractivity contribution < 1.29 is 13.9 Å². The van der Waals surface area contributed by atoms with E-state index in [1.165, 1.54) is 12.1 Å². The summed E-state index contributed by atoms with van der Waals surface area (Å²) in [4.78, 5) is 2.27. The molecule has 6 heteroatoms. The van der Waals surface area contributed by atoms with Crippen molar-refractivity contribution in [2.24, 2.45) is 5.73 Å². The van der Waals surface area contributed by atoms with Crippen LogP contribution >= 0.6 is 12.4 Å². The topological polar surface area (TPSA) is 47.7 Å². The van der Waals surface area contributed by atoms with Crippen LogP contribution in [0.4, 0.5) is 4.39 Å². The first kappa shape index (κ1) is 16.2. The second-order valence-electron chi connectivity index (χ2n) is 4.33. The highest BCUT2D eigenvalue weighted by atomic mass is 35.5. The zero-order valence-electron chi connectivity index (χ0n) is 10.8. The van der Waals surface area contributed by atoms with Gasteiger partial charge in [0.15, 0.2) is 0 Å². The van der Waals surface area contributed by atoms with Gasteiger partial charge < -0.3 is 15.2 Å². The summed E-state index contributed by atoms with van der Waals surface area (Å²) in [7, 11) is 0. The molecule has 19 heavy (non-hydrogen) atoms. The highest BCUT2D eigenvalue weighted by molar-refractivity contribution is 5.85. The maximum Gasteiger partial charge on any atom is 0.123 e. The Morgan fingerprint density at radius 1 is 1.37 bits per heavy atom. The van der Waals surface area contributed by atoms with Crippen LogP contribution in [-0.4, -0.2) is 50.4 Å². The van der Waals surface area contributed by atoms with Gasteiger partial charge in [-0.25, -0.2) is 4.39 Å². The molecule has 1 aliphatic heterocycles. The number of nitrogens with two attached hydrogens (primary N) is 1. The lowest BCUT2D eigenvalue weighted by molar-refractivity contribution is -0.0261. The van der Waals surface area contributed by atoms with Gasteiger partial charge >= 0.3 is 0 Å². The highest BCUT2D eigenvalue weighted by Crippen LogP contribution is 2.11. The average Bonchev–Trinajstić information content (AvgIpc) is 2.41. The van der Waals surface area contributed by atoms with Crippen LogP contribution < -0.4 is 10.5 Å². The molecule has 1 saturated heterocycles. The van der Waals surface area contributed by atoms with E-state index in [1.807, 2.05) is 0 Å². The van der Waals surface area contributed by atoms with Crippen LogP contribution in [0, 0.1) is 5.82 Å². The second kappa shape index (κ2) is 8.32. The predicted octanol–water partition coefficient (Wildman–Crippen LogP) is 1.29. The Morgan fingerprint density at radius 2 is 2.11 bits per heavy atom. The lowest BCUT2D eigenvalue weighted by atomic mass is 10.3. The lowest BCUT2D eigenvalue weighted by Crippen LogP contribution is -2.46. The molecule has 1 aromatic rings. The van der Waals surface area contributed by atoms with Gasteiger partial charge in [0.2, 0.25) is 0 Å². The number of rotatable bonds is 5. The number of benzene rings is 1. The van der Waals surface area contributed by atoms with E-state index in [-0.39, 0.29) is 24.3 Å². The Morgan fingerprint density at radius 3 is 2.79 bits per heavy atom. The fourth-order valence-electron chi connectivity index (χ4n) is 1.95. The SMILES string of the molecule is Cl.NCC1CN(CCOc2ccc(F)cc2)CCO1. The van der Waals surface area contributed by atoms with E-state index in [0.29, 0.717) is 18.9 Å². The van der Waals surface area contributed by atoms with Crippen molar-refractivity contribution in [2.45, 2.75) is 6.10 Å². The molecule has 0 saturated carbocycles. The van der Waals surface area contributed by atoms with E-state index in [2.05, 4.69) is 4.90 Å². The first-order chi connectivity index (χ1) is 8.78. The van der Waals surface area contributed by atoms with E-state index >= 15 is 0 Å². The van der Waals surface area contributed by atoms with Crippen molar-refractivity contribution in [1.29, 1.82) is 0 Å². The molecule has 1 heterocycles. The fraction of sp³-hybridized carbons (Fsp3) is 0.538. The van der Waals surface area contributed by atoms with Crippen LogP contribution in [0.5, 0.6) is 5.75 Å². The molecule has 1 aliphatic rings. The number of hydrogen-bond donors (Lipinski definition) is 1. The minimum absolute atomic E-state index is 0. The molecule has 0 aromatic heterocycles. The Labute approximate surface area is 119 Å². The van der Waals surface area contributed by atoms with E-state index in [9.17, 15) is 4.39 Å². The molecule has 1 aromatic carbocycles. The Hall–Kier alpha value is -0.880. The minimum atomic E-state index is -0.249. The van der Waals surface area contributed by atoms with Crippen molar-refractivity contribution in [3.05, 3.63) is 30.1 Å². The van der Waals surface area contributed by atoms with Gasteiger partial charge in [-0.15, -0.1) is 12.4 Å². The molecule has 0 amide bonds. The Kier molecular flexibility index (Phi) is 7.09. The predicted molar refractivity (Wildman–Crippen MR) is 74.4 cm³/mol. The zero-order chi connectivity index (χ0) is 12.8. The van der Waals surface area contributed by atoms with Crippen molar-refractivity contribution in [2.75, 3.05) is 39.4 Å². The Balaban J connectivity index is 0.00000180. The van der Waals surface area contributed by atoms with E-state index in [1.54, 1.807) is 12.1 Å². The van der Waals surface area contributed by atoms with Crippen molar-refractivity contribution in [3.63, 3.8) is 0 Å². The summed E-state index contributed by atoms with van der Waals surface area (Å²) in [6.45, 7) is 4.44. The molecule has 1 atom stereocenters. The lowest BCUT2D eigenvalue weighted by Gasteiger charge is -2.32. The second-order valence-corrected chi connectivity index (χ2v) is 4.33. The van der Waals surface area contributed by atoms with Crippen molar-refractivity contribution in [1.82, 2.24) is 4.90 Å². The quantitative estimate of drug-likeness (QED) is 0.888. The third-order valence-electron chi connectivity index (χ3n) is 2.98. The van der Waals surface area contributed by atoms with E-state index in [4.69, 9.17) is 15.2 Å². The van der Waals surface area contributed by atoms with Gasteiger partial charge in [-0.05, 0) is 24.3 Å². The average molecular weight is 291 g/mol. The number of hydrogen-bond acceptors (Lipinski definition) is 4. The zero-order valence-corrected chi connectivity index (χ0v) is 11.6. The van der Waals surface area contributed by atoms with Crippen LogP contribution in [0.1, 0.15) is 0 Å². The minimum Gasteiger partial charge on any atom is -0.492 e. The monoisotopic (exact) mass is 290 g/mol. The Bertz CT molecular complexity index is 364. The molecule has 0 aliphatic carbocycles. The van der Waals surface area contributed by atoms with Gasteiger partial charge in [-0.1, -0.05) is 0 Å². The summed E-state index contributed by atoms with van der Waals surface area (Å²) in [6, 6.07) is 6.07. The number of halogens is 2. The summed E-state index contributed by atoms with van der Waals surface area (Å²) in [5.41, 5.74) is 5.58. The first-order valence-corrected chi connectivity index (χ1v) is 6.20. The first-order valence-electron chi connectivity index (χ1n) is 6.20. The van der Waals surface area contributed by atoms with E-state index in [0.717, 1.165) is 26.2 Å². The molecule has 2 rings (SSSR count). The summed E-state index contributed by atoms with van der Waals surface area (Å²) < 4.78 is 23.7. The maximum atomic E-state index is 12.7. The number of nitrogens with zero attached hydrogens (tertiary/aromatic N) is 1. The normalized spacial score (nSPS) is 19.8. The molecule has 0 bridgehead atoms. The standard InChI is InChI=1S/C13H19FN2O2.ClH/c14-11-1-3-12(4-2-11)17-7-5-16-6-8-18-13(9-15)10-16;/h1-4,13H,5-10,15H2;1H. The third-order valence-corrected chi connectivity index (χ3v) is 2.98. The van der Waals surface area contributed by atoms with Gasteiger partial charge in [0.05, 0.1) is 12.7 Å². The van der Waals surface area contributed by atoms with Crippen LogP contribution in [0.3, 0.4) is 0 Å². The molecule has 108 valence electrons. The third kappa shape index (κ3) is 5.32. The number of morpholine rings is 1. The smallest absolute Gasteiger partial charge is 0.123 e. The van der Waals surface area contributed by atoms with Crippen LogP contribution in [0.2, 0.25) is 0 Å². The summed E-state index contributed by atoms with van der Waals surface area (Å²) in [6.07, 6.45) is 0.129. The van der Waals surface area contributed by atoms with Gasteiger partial charge in [-0.3, -0.25) is 4.90 Å². The molecule has 1 unspecified atom stereocenters. The summed E-state index contributed by atoms with van der Waals surface area (Å²) in [5.74, 6) is 0.446. The van der Waals surface area contributed by atoms with Gasteiger partial charge in [0.25, 0.3) is 0 Å². The largest absolute Gasteiger partial charge is 0.492 e. The van der Waals surface area contributed by atoms with Crippen molar-refractivity contribution >= 4 is 12.4 Å². The molecular formula is C13H20ClFN2O2. The van der Waals surface area contributed by atoms with Crippen LogP contribution in [-0.2, 0) is 4.74 Å². The van der Waals surface area contributed by atoms with Gasteiger partial charge in [0.1, 0.15) is 18.2 Å².